The van der Waals surface area contributed by atoms with E-state index in [1.807, 2.05) is 6.92 Å². The minimum Gasteiger partial charge on any atom is -1.00 e. The molecule has 0 atom stereocenters. The van der Waals surface area contributed by atoms with Crippen molar-refractivity contribution in [2.24, 2.45) is 0 Å². The second kappa shape index (κ2) is 10.2. The number of thiocarbonyl (C=S) groups is 1. The Hall–Kier alpha value is 1.20. The Kier molecular flexibility index (Phi) is 14.0. The molecular weight excluding hydrogens is 179 g/mol. The van der Waals surface area contributed by atoms with Crippen molar-refractivity contribution in [3.8, 4) is 0 Å². The Balaban J connectivity index is -0.000000320. The van der Waals surface area contributed by atoms with E-state index < -0.39 is 0 Å². The van der Waals surface area contributed by atoms with Crippen molar-refractivity contribution in [2.45, 2.75) is 6.92 Å². The Morgan fingerprint density at radius 2 is 2.20 bits per heavy atom. The van der Waals surface area contributed by atoms with Gasteiger partial charge in [-0.3, -0.25) is 0 Å². The van der Waals surface area contributed by atoms with E-state index in [9.17, 15) is 0 Å². The largest absolute Gasteiger partial charge is 1.00 e. The number of rotatable bonds is 4. The van der Waals surface area contributed by atoms with E-state index in [0.29, 0.717) is 19.8 Å². The van der Waals surface area contributed by atoms with Crippen molar-refractivity contribution in [1.82, 2.24) is 0 Å². The Morgan fingerprint density at radius 1 is 1.60 bits per heavy atom. The van der Waals surface area contributed by atoms with Crippen LogP contribution in [0.5, 0.6) is 0 Å². The summed E-state index contributed by atoms with van der Waals surface area (Å²) in [6.07, 6.45) is 0. The Morgan fingerprint density at radius 3 is 2.60 bits per heavy atom. The zero-order valence-corrected chi connectivity index (χ0v) is 10.0. The number of hydrogen-bond donors (Lipinski definition) is 1. The molecule has 0 aliphatic rings. The average molecular weight is 190 g/mol. The third kappa shape index (κ3) is 11.9. The summed E-state index contributed by atoms with van der Waals surface area (Å²) in [5.74, 6) is 0. The molecular formula is C5H11NaO2S2. The van der Waals surface area contributed by atoms with Crippen LogP contribution >= 0.6 is 24.8 Å². The predicted molar refractivity (Wildman–Crippen MR) is 45.1 cm³/mol. The van der Waals surface area contributed by atoms with Gasteiger partial charge in [0.05, 0.1) is 6.61 Å². The molecule has 0 bridgehead atoms. The van der Waals surface area contributed by atoms with Crippen LogP contribution in [0.2, 0.25) is 0 Å². The maximum atomic E-state index is 4.97. The normalized spacial score (nSPS) is 8.20. The molecule has 0 amide bonds. The molecule has 0 aromatic rings. The maximum Gasteiger partial charge on any atom is 1.00 e. The van der Waals surface area contributed by atoms with E-state index in [1.165, 1.54) is 0 Å². The first-order chi connectivity index (χ1) is 4.27. The Bertz CT molecular complexity index is 94.6. The SMILES string of the molecule is CCOCCOC(=S)S.[H-].[Na+]. The molecule has 56 valence electrons. The molecule has 0 saturated carbocycles. The fourth-order valence-electron chi connectivity index (χ4n) is 0.332. The fraction of sp³-hybridized carbons (Fsp3) is 0.800. The molecule has 0 aromatic carbocycles. The van der Waals surface area contributed by atoms with E-state index in [1.54, 1.807) is 0 Å². The number of thiol groups is 1. The van der Waals surface area contributed by atoms with E-state index in [4.69, 9.17) is 9.47 Å². The van der Waals surface area contributed by atoms with Gasteiger partial charge in [0, 0.05) is 6.61 Å². The third-order valence-electron chi connectivity index (χ3n) is 0.657. The van der Waals surface area contributed by atoms with Crippen molar-refractivity contribution in [3.63, 3.8) is 0 Å². The average Bonchev–Trinajstić information content (AvgIpc) is 1.80. The van der Waals surface area contributed by atoms with Crippen LogP contribution in [0.4, 0.5) is 0 Å². The summed E-state index contributed by atoms with van der Waals surface area (Å²) in [7, 11) is 0. The van der Waals surface area contributed by atoms with Crippen LogP contribution in [0.1, 0.15) is 8.35 Å². The molecule has 5 heteroatoms. The quantitative estimate of drug-likeness (QED) is 0.248. The van der Waals surface area contributed by atoms with Crippen LogP contribution in [-0.2, 0) is 9.47 Å². The van der Waals surface area contributed by atoms with Crippen molar-refractivity contribution >= 4 is 29.2 Å². The summed E-state index contributed by atoms with van der Waals surface area (Å²) >= 11 is 8.29. The van der Waals surface area contributed by atoms with Crippen LogP contribution in [-0.4, -0.2) is 24.2 Å². The molecule has 0 unspecified atom stereocenters. The smallest absolute Gasteiger partial charge is 1.00 e. The number of ether oxygens (including phenoxy) is 2. The summed E-state index contributed by atoms with van der Waals surface area (Å²) in [4.78, 5) is 0. The zero-order valence-electron chi connectivity index (χ0n) is 7.29. The maximum absolute atomic E-state index is 4.97. The molecule has 0 heterocycles. The first kappa shape index (κ1) is 13.8. The summed E-state index contributed by atoms with van der Waals surface area (Å²) in [5.41, 5.74) is 0. The van der Waals surface area contributed by atoms with Crippen molar-refractivity contribution in [2.75, 3.05) is 19.8 Å². The molecule has 0 aliphatic carbocycles. The topological polar surface area (TPSA) is 18.5 Å². The van der Waals surface area contributed by atoms with Gasteiger partial charge in [0.1, 0.15) is 6.61 Å². The second-order valence-electron chi connectivity index (χ2n) is 1.31. The first-order valence-corrected chi connectivity index (χ1v) is 3.56. The van der Waals surface area contributed by atoms with E-state index in [0.717, 1.165) is 0 Å². The van der Waals surface area contributed by atoms with E-state index in [-0.39, 0.29) is 35.4 Å². The monoisotopic (exact) mass is 190 g/mol. The molecule has 10 heavy (non-hydrogen) atoms. The fourth-order valence-corrected chi connectivity index (χ4v) is 0.507. The van der Waals surface area contributed by atoms with Crippen LogP contribution in [0.15, 0.2) is 0 Å². The van der Waals surface area contributed by atoms with Gasteiger partial charge >= 0.3 is 29.6 Å². The van der Waals surface area contributed by atoms with Crippen LogP contribution in [0.25, 0.3) is 0 Å². The molecule has 0 aliphatic heterocycles. The number of hydrogen-bond acceptors (Lipinski definition) is 3. The van der Waals surface area contributed by atoms with Gasteiger partial charge in [-0.15, -0.1) is 0 Å². The van der Waals surface area contributed by atoms with Crippen LogP contribution in [0, 0.1) is 0 Å². The summed E-state index contributed by atoms with van der Waals surface area (Å²) in [6, 6.07) is 0. The standard InChI is InChI=1S/C5H10O2S2.Na.H/c1-2-6-3-4-7-5(8)9;;/h2-4H2,1H3,(H,8,9);;/q;+1;-1. The minimum atomic E-state index is 0. The molecule has 0 spiro atoms. The van der Waals surface area contributed by atoms with Crippen molar-refractivity contribution < 1.29 is 40.5 Å². The van der Waals surface area contributed by atoms with Gasteiger partial charge in [0.15, 0.2) is 0 Å². The third-order valence-corrected chi connectivity index (χ3v) is 0.904. The minimum absolute atomic E-state index is 0. The van der Waals surface area contributed by atoms with Gasteiger partial charge < -0.3 is 10.9 Å². The summed E-state index contributed by atoms with van der Waals surface area (Å²) < 4.78 is 10.1. The van der Waals surface area contributed by atoms with Crippen LogP contribution in [0.3, 0.4) is 0 Å². The van der Waals surface area contributed by atoms with Crippen molar-refractivity contribution in [3.05, 3.63) is 0 Å². The second-order valence-corrected chi connectivity index (χ2v) is 2.39. The molecule has 0 aromatic heterocycles. The van der Waals surface area contributed by atoms with Crippen LogP contribution < -0.4 is 29.6 Å². The Labute approximate surface area is 95.8 Å². The summed E-state index contributed by atoms with van der Waals surface area (Å²) in [5, 5.41) is 0. The molecule has 0 fully saturated rings. The van der Waals surface area contributed by atoms with E-state index in [2.05, 4.69) is 24.8 Å². The first-order valence-electron chi connectivity index (χ1n) is 2.70. The van der Waals surface area contributed by atoms with Gasteiger partial charge in [-0.2, -0.15) is 0 Å². The predicted octanol–water partition coefficient (Wildman–Crippen LogP) is -1.63. The van der Waals surface area contributed by atoms with Gasteiger partial charge in [-0.05, 0) is 19.1 Å². The zero-order chi connectivity index (χ0) is 7.11. The summed E-state index contributed by atoms with van der Waals surface area (Å²) in [6.45, 7) is 3.72. The van der Waals surface area contributed by atoms with E-state index >= 15 is 0 Å². The molecule has 0 saturated heterocycles. The van der Waals surface area contributed by atoms with Gasteiger partial charge in [0.25, 0.3) is 0 Å². The molecule has 2 nitrogen and oxygen atoms in total. The van der Waals surface area contributed by atoms with Crippen molar-refractivity contribution in [1.29, 1.82) is 0 Å². The van der Waals surface area contributed by atoms with Gasteiger partial charge in [0.2, 0.25) is 4.38 Å². The molecule has 0 radical (unpaired) electrons. The molecule has 0 N–H and O–H groups in total. The van der Waals surface area contributed by atoms with Gasteiger partial charge in [-0.1, -0.05) is 12.6 Å². The molecule has 0 rings (SSSR count). The van der Waals surface area contributed by atoms with Gasteiger partial charge in [-0.25, -0.2) is 0 Å².